The molecule has 0 amide bonds. The lowest BCUT2D eigenvalue weighted by atomic mass is 10.2. The zero-order valence-electron chi connectivity index (χ0n) is 12.2. The highest BCUT2D eigenvalue weighted by molar-refractivity contribution is 5.80. The zero-order chi connectivity index (χ0) is 14.7. The molecule has 2 aromatic carbocycles. The molecule has 21 heavy (non-hydrogen) atoms. The van der Waals surface area contributed by atoms with Crippen LogP contribution in [0.3, 0.4) is 0 Å². The summed E-state index contributed by atoms with van der Waals surface area (Å²) >= 11 is 0. The second-order valence-electron chi connectivity index (χ2n) is 4.80. The second-order valence-corrected chi connectivity index (χ2v) is 4.80. The van der Waals surface area contributed by atoms with Crippen LogP contribution in [0.1, 0.15) is 0 Å². The summed E-state index contributed by atoms with van der Waals surface area (Å²) in [5.41, 5.74) is 3.14. The molecule has 0 radical (unpaired) electrons. The summed E-state index contributed by atoms with van der Waals surface area (Å²) in [6, 6.07) is 18.3. The van der Waals surface area contributed by atoms with Gasteiger partial charge in [0.25, 0.3) is 0 Å². The first-order valence-corrected chi connectivity index (χ1v) is 6.89. The van der Waals surface area contributed by atoms with Crippen LogP contribution in [0.4, 0.5) is 0 Å². The maximum absolute atomic E-state index is 5.34. The molecule has 1 heterocycles. The minimum absolute atomic E-state index is 0.301. The van der Waals surface area contributed by atoms with Crippen LogP contribution in [-0.4, -0.2) is 30.1 Å². The number of rotatable bonds is 5. The van der Waals surface area contributed by atoms with Gasteiger partial charge in [0.2, 0.25) is 0 Å². The standard InChI is InChI=1S/C17H18N2O2/c1-20-16(21-2)12-19-15-11-7-6-10-14(15)18-17(19)13-8-4-3-5-9-13/h3-11,16H,12H2,1-2H3. The van der Waals surface area contributed by atoms with E-state index in [2.05, 4.69) is 22.8 Å². The smallest absolute Gasteiger partial charge is 0.174 e. The van der Waals surface area contributed by atoms with Gasteiger partial charge in [-0.2, -0.15) is 0 Å². The third-order valence-corrected chi connectivity index (χ3v) is 3.54. The molecule has 3 aromatic rings. The highest BCUT2D eigenvalue weighted by atomic mass is 16.7. The number of hydrogen-bond donors (Lipinski definition) is 0. The van der Waals surface area contributed by atoms with E-state index in [4.69, 9.17) is 14.5 Å². The molecule has 0 aliphatic rings. The summed E-state index contributed by atoms with van der Waals surface area (Å²) in [5, 5.41) is 0. The molecule has 0 N–H and O–H groups in total. The molecule has 3 rings (SSSR count). The summed E-state index contributed by atoms with van der Waals surface area (Å²) < 4.78 is 12.8. The normalized spacial score (nSPS) is 11.4. The van der Waals surface area contributed by atoms with Gasteiger partial charge in [0.15, 0.2) is 6.29 Å². The van der Waals surface area contributed by atoms with Crippen LogP contribution in [0.5, 0.6) is 0 Å². The molecule has 108 valence electrons. The Morgan fingerprint density at radius 3 is 2.33 bits per heavy atom. The topological polar surface area (TPSA) is 36.3 Å². The molecule has 0 aliphatic carbocycles. The molecule has 0 aliphatic heterocycles. The largest absolute Gasteiger partial charge is 0.354 e. The summed E-state index contributed by atoms with van der Waals surface area (Å²) in [4.78, 5) is 4.76. The third-order valence-electron chi connectivity index (χ3n) is 3.54. The molecule has 0 saturated heterocycles. The molecule has 0 saturated carbocycles. The summed E-state index contributed by atoms with van der Waals surface area (Å²) in [7, 11) is 3.30. The van der Waals surface area contributed by atoms with E-state index >= 15 is 0 Å². The van der Waals surface area contributed by atoms with Crippen molar-refractivity contribution in [2.75, 3.05) is 14.2 Å². The molecule has 0 spiro atoms. The Morgan fingerprint density at radius 1 is 0.952 bits per heavy atom. The minimum atomic E-state index is -0.301. The molecule has 4 nitrogen and oxygen atoms in total. The average molecular weight is 282 g/mol. The SMILES string of the molecule is COC(Cn1c(-c2ccccc2)nc2ccccc21)OC. The molecular formula is C17H18N2O2. The van der Waals surface area contributed by atoms with E-state index in [0.29, 0.717) is 6.54 Å². The van der Waals surface area contributed by atoms with E-state index in [0.717, 1.165) is 22.4 Å². The Hall–Kier alpha value is -2.17. The first kappa shape index (κ1) is 13.8. The van der Waals surface area contributed by atoms with Gasteiger partial charge in [0.1, 0.15) is 5.82 Å². The van der Waals surface area contributed by atoms with Crippen molar-refractivity contribution in [1.29, 1.82) is 0 Å². The van der Waals surface area contributed by atoms with Crippen LogP contribution in [0.2, 0.25) is 0 Å². The minimum Gasteiger partial charge on any atom is -0.354 e. The van der Waals surface area contributed by atoms with Gasteiger partial charge in [-0.05, 0) is 12.1 Å². The van der Waals surface area contributed by atoms with Gasteiger partial charge in [-0.3, -0.25) is 0 Å². The molecule has 0 unspecified atom stereocenters. The highest BCUT2D eigenvalue weighted by Crippen LogP contribution is 2.25. The lowest BCUT2D eigenvalue weighted by Gasteiger charge is -2.16. The number of benzene rings is 2. The maximum Gasteiger partial charge on any atom is 0.174 e. The fourth-order valence-corrected chi connectivity index (χ4v) is 2.46. The van der Waals surface area contributed by atoms with E-state index in [1.54, 1.807) is 14.2 Å². The number of nitrogens with zero attached hydrogens (tertiary/aromatic N) is 2. The van der Waals surface area contributed by atoms with Crippen molar-refractivity contribution in [3.05, 3.63) is 54.6 Å². The van der Waals surface area contributed by atoms with Gasteiger partial charge in [-0.15, -0.1) is 0 Å². The predicted octanol–water partition coefficient (Wildman–Crippen LogP) is 3.32. The van der Waals surface area contributed by atoms with E-state index < -0.39 is 0 Å². The summed E-state index contributed by atoms with van der Waals surface area (Å²) in [6.45, 7) is 0.595. The number of fused-ring (bicyclic) bond motifs is 1. The first-order valence-electron chi connectivity index (χ1n) is 6.89. The molecule has 1 aromatic heterocycles. The summed E-state index contributed by atoms with van der Waals surface area (Å²) in [6.07, 6.45) is -0.301. The van der Waals surface area contributed by atoms with Crippen molar-refractivity contribution in [2.24, 2.45) is 0 Å². The monoisotopic (exact) mass is 282 g/mol. The fourth-order valence-electron chi connectivity index (χ4n) is 2.46. The van der Waals surface area contributed by atoms with Gasteiger partial charge in [-0.1, -0.05) is 42.5 Å². The fraction of sp³-hybridized carbons (Fsp3) is 0.235. The van der Waals surface area contributed by atoms with Crippen LogP contribution in [0.15, 0.2) is 54.6 Å². The molecule has 4 heteroatoms. The lowest BCUT2D eigenvalue weighted by Crippen LogP contribution is -2.21. The van der Waals surface area contributed by atoms with E-state index in [1.807, 2.05) is 36.4 Å². The molecule has 0 atom stereocenters. The zero-order valence-corrected chi connectivity index (χ0v) is 12.2. The number of methoxy groups -OCH3 is 2. The van der Waals surface area contributed by atoms with Crippen LogP contribution in [0, 0.1) is 0 Å². The Bertz CT molecular complexity index is 718. The van der Waals surface area contributed by atoms with Gasteiger partial charge < -0.3 is 14.0 Å². The van der Waals surface area contributed by atoms with Crippen molar-refractivity contribution in [2.45, 2.75) is 12.8 Å². The number of imidazole rings is 1. The van der Waals surface area contributed by atoms with Crippen molar-refractivity contribution >= 4 is 11.0 Å². The third kappa shape index (κ3) is 2.68. The van der Waals surface area contributed by atoms with Crippen LogP contribution in [-0.2, 0) is 16.0 Å². The molecular weight excluding hydrogens is 264 g/mol. The molecule has 0 fully saturated rings. The van der Waals surface area contributed by atoms with Crippen molar-refractivity contribution in [1.82, 2.24) is 9.55 Å². The summed E-state index contributed by atoms with van der Waals surface area (Å²) in [5.74, 6) is 0.927. The van der Waals surface area contributed by atoms with Gasteiger partial charge in [0.05, 0.1) is 17.6 Å². The molecule has 0 bridgehead atoms. The van der Waals surface area contributed by atoms with Crippen molar-refractivity contribution in [3.8, 4) is 11.4 Å². The van der Waals surface area contributed by atoms with Crippen molar-refractivity contribution < 1.29 is 9.47 Å². The number of hydrogen-bond acceptors (Lipinski definition) is 3. The van der Waals surface area contributed by atoms with Gasteiger partial charge in [-0.25, -0.2) is 4.98 Å². The maximum atomic E-state index is 5.34. The quantitative estimate of drug-likeness (QED) is 0.673. The van der Waals surface area contributed by atoms with E-state index in [-0.39, 0.29) is 6.29 Å². The predicted molar refractivity (Wildman–Crippen MR) is 83.0 cm³/mol. The highest BCUT2D eigenvalue weighted by Gasteiger charge is 2.15. The lowest BCUT2D eigenvalue weighted by molar-refractivity contribution is -0.110. The van der Waals surface area contributed by atoms with E-state index in [9.17, 15) is 0 Å². The van der Waals surface area contributed by atoms with E-state index in [1.165, 1.54) is 0 Å². The average Bonchev–Trinajstić information content (AvgIpc) is 2.92. The van der Waals surface area contributed by atoms with Crippen LogP contribution >= 0.6 is 0 Å². The second kappa shape index (κ2) is 6.08. The number of aromatic nitrogens is 2. The van der Waals surface area contributed by atoms with Crippen molar-refractivity contribution in [3.63, 3.8) is 0 Å². The Balaban J connectivity index is 2.14. The Labute approximate surface area is 123 Å². The Kier molecular flexibility index (Phi) is 3.99. The Morgan fingerprint density at radius 2 is 1.62 bits per heavy atom. The number of para-hydroxylation sites is 2. The number of ether oxygens (including phenoxy) is 2. The van der Waals surface area contributed by atoms with Gasteiger partial charge in [0, 0.05) is 19.8 Å². The first-order chi connectivity index (χ1) is 10.3. The van der Waals surface area contributed by atoms with Gasteiger partial charge >= 0.3 is 0 Å². The van der Waals surface area contributed by atoms with Crippen LogP contribution < -0.4 is 0 Å². The van der Waals surface area contributed by atoms with Crippen LogP contribution in [0.25, 0.3) is 22.4 Å².